The van der Waals surface area contributed by atoms with E-state index in [-0.39, 0.29) is 28.2 Å². The van der Waals surface area contributed by atoms with Crippen molar-refractivity contribution in [3.63, 3.8) is 0 Å². The molecule has 1 aromatic carbocycles. The van der Waals surface area contributed by atoms with E-state index in [1.54, 1.807) is 0 Å². The maximum Gasteiger partial charge on any atom is 0.270 e. The highest BCUT2D eigenvalue weighted by molar-refractivity contribution is 6.34. The Hall–Kier alpha value is -1.66. The molecule has 1 saturated heterocycles. The van der Waals surface area contributed by atoms with Gasteiger partial charge >= 0.3 is 0 Å². The molecule has 0 bridgehead atoms. The Morgan fingerprint density at radius 1 is 1.53 bits per heavy atom. The van der Waals surface area contributed by atoms with Crippen LogP contribution in [0.4, 0.5) is 5.69 Å². The topological polar surface area (TPSA) is 84.3 Å². The molecule has 102 valence electrons. The number of rotatable bonds is 3. The molecule has 1 aliphatic heterocycles. The van der Waals surface area contributed by atoms with E-state index in [4.69, 9.17) is 11.6 Å². The Labute approximate surface area is 115 Å². The Bertz CT molecular complexity index is 501. The second kappa shape index (κ2) is 5.99. The van der Waals surface area contributed by atoms with E-state index in [1.165, 1.54) is 18.2 Å². The molecule has 19 heavy (non-hydrogen) atoms. The Morgan fingerprint density at radius 3 is 2.89 bits per heavy atom. The number of non-ortho nitro benzene ring substituents is 1. The highest BCUT2D eigenvalue weighted by atomic mass is 35.5. The van der Waals surface area contributed by atoms with Crippen LogP contribution in [0.1, 0.15) is 23.2 Å². The number of piperidine rings is 1. The van der Waals surface area contributed by atoms with Crippen molar-refractivity contribution in [3.8, 4) is 0 Å². The molecular weight excluding hydrogens is 270 g/mol. The van der Waals surface area contributed by atoms with Gasteiger partial charge in [-0.05, 0) is 25.5 Å². The number of nitro groups is 1. The van der Waals surface area contributed by atoms with Gasteiger partial charge in [0.1, 0.15) is 0 Å². The fourth-order valence-corrected chi connectivity index (χ4v) is 2.30. The summed E-state index contributed by atoms with van der Waals surface area (Å²) in [4.78, 5) is 22.1. The number of carbonyl (C=O) groups excluding carboxylic acids is 1. The number of nitro benzene ring substituents is 1. The minimum atomic E-state index is -0.543. The molecule has 0 aliphatic carbocycles. The van der Waals surface area contributed by atoms with Gasteiger partial charge in [-0.3, -0.25) is 14.9 Å². The molecule has 0 aromatic heterocycles. The predicted octanol–water partition coefficient (Wildman–Crippen LogP) is 1.73. The van der Waals surface area contributed by atoms with Gasteiger partial charge in [-0.15, -0.1) is 0 Å². The van der Waals surface area contributed by atoms with Gasteiger partial charge in [0.05, 0.1) is 15.5 Å². The van der Waals surface area contributed by atoms with E-state index in [2.05, 4.69) is 10.6 Å². The first-order chi connectivity index (χ1) is 9.08. The monoisotopic (exact) mass is 283 g/mol. The quantitative estimate of drug-likeness (QED) is 0.653. The van der Waals surface area contributed by atoms with Crippen molar-refractivity contribution in [1.82, 2.24) is 10.6 Å². The average Bonchev–Trinajstić information content (AvgIpc) is 2.39. The zero-order valence-corrected chi connectivity index (χ0v) is 10.9. The molecule has 1 fully saturated rings. The summed E-state index contributed by atoms with van der Waals surface area (Å²) in [6.07, 6.45) is 1.93. The largest absolute Gasteiger partial charge is 0.348 e. The van der Waals surface area contributed by atoms with Gasteiger partial charge < -0.3 is 10.6 Å². The molecule has 0 radical (unpaired) electrons. The van der Waals surface area contributed by atoms with Crippen LogP contribution in [0.5, 0.6) is 0 Å². The molecule has 0 spiro atoms. The average molecular weight is 284 g/mol. The maximum absolute atomic E-state index is 12.0. The molecule has 6 nitrogen and oxygen atoms in total. The third-order valence-electron chi connectivity index (χ3n) is 3.04. The first kappa shape index (κ1) is 13.8. The molecule has 7 heteroatoms. The van der Waals surface area contributed by atoms with Crippen molar-refractivity contribution in [1.29, 1.82) is 0 Å². The Kier molecular flexibility index (Phi) is 4.34. The first-order valence-corrected chi connectivity index (χ1v) is 6.41. The summed E-state index contributed by atoms with van der Waals surface area (Å²) in [7, 11) is 0. The van der Waals surface area contributed by atoms with Gasteiger partial charge in [-0.1, -0.05) is 11.6 Å². The van der Waals surface area contributed by atoms with Crippen molar-refractivity contribution in [2.24, 2.45) is 0 Å². The standard InChI is InChI=1S/C12H14ClN3O3/c13-11-6-9(16(18)19)3-4-10(11)12(17)15-8-2-1-5-14-7-8/h3-4,6,8,14H,1-2,5,7H2,(H,15,17). The number of halogens is 1. The number of hydrogen-bond acceptors (Lipinski definition) is 4. The number of amides is 1. The van der Waals surface area contributed by atoms with Crippen LogP contribution < -0.4 is 10.6 Å². The number of hydrogen-bond donors (Lipinski definition) is 2. The van der Waals surface area contributed by atoms with Gasteiger partial charge in [0.2, 0.25) is 0 Å². The minimum absolute atomic E-state index is 0.0764. The highest BCUT2D eigenvalue weighted by Crippen LogP contribution is 2.22. The van der Waals surface area contributed by atoms with Crippen LogP contribution in [-0.2, 0) is 0 Å². The van der Waals surface area contributed by atoms with Crippen molar-refractivity contribution in [2.45, 2.75) is 18.9 Å². The molecule has 2 rings (SSSR count). The lowest BCUT2D eigenvalue weighted by Crippen LogP contribution is -2.45. The van der Waals surface area contributed by atoms with E-state index in [0.717, 1.165) is 25.9 Å². The second-order valence-corrected chi connectivity index (χ2v) is 4.85. The van der Waals surface area contributed by atoms with Crippen LogP contribution in [-0.4, -0.2) is 30.0 Å². The SMILES string of the molecule is O=C(NC1CCCNC1)c1ccc([N+](=O)[O-])cc1Cl. The summed E-state index contributed by atoms with van der Waals surface area (Å²) < 4.78 is 0. The van der Waals surface area contributed by atoms with Crippen LogP contribution in [0, 0.1) is 10.1 Å². The first-order valence-electron chi connectivity index (χ1n) is 6.03. The minimum Gasteiger partial charge on any atom is -0.348 e. The normalized spacial score (nSPS) is 18.9. The zero-order valence-electron chi connectivity index (χ0n) is 10.2. The summed E-state index contributed by atoms with van der Waals surface area (Å²) in [6, 6.07) is 3.93. The predicted molar refractivity (Wildman–Crippen MR) is 71.5 cm³/mol. The van der Waals surface area contributed by atoms with E-state index in [1.807, 2.05) is 0 Å². The molecule has 1 aliphatic rings. The fourth-order valence-electron chi connectivity index (χ4n) is 2.04. The van der Waals surface area contributed by atoms with E-state index in [0.29, 0.717) is 0 Å². The third-order valence-corrected chi connectivity index (χ3v) is 3.35. The van der Waals surface area contributed by atoms with Gasteiger partial charge in [-0.25, -0.2) is 0 Å². The molecule has 1 atom stereocenters. The molecule has 0 saturated carbocycles. The van der Waals surface area contributed by atoms with Gasteiger partial charge in [0, 0.05) is 24.7 Å². The van der Waals surface area contributed by atoms with Crippen LogP contribution >= 0.6 is 11.6 Å². The van der Waals surface area contributed by atoms with Crippen molar-refractivity contribution < 1.29 is 9.72 Å². The highest BCUT2D eigenvalue weighted by Gasteiger charge is 2.19. The molecule has 1 unspecified atom stereocenters. The number of carbonyl (C=O) groups is 1. The third kappa shape index (κ3) is 3.42. The molecule has 1 aromatic rings. The lowest BCUT2D eigenvalue weighted by atomic mass is 10.1. The maximum atomic E-state index is 12.0. The summed E-state index contributed by atoms with van der Waals surface area (Å²) >= 11 is 5.91. The molecular formula is C12H14ClN3O3. The van der Waals surface area contributed by atoms with E-state index < -0.39 is 4.92 Å². The molecule has 1 amide bonds. The number of nitrogens with one attached hydrogen (secondary N) is 2. The lowest BCUT2D eigenvalue weighted by molar-refractivity contribution is -0.384. The number of nitrogens with zero attached hydrogens (tertiary/aromatic N) is 1. The van der Waals surface area contributed by atoms with Gasteiger partial charge in [-0.2, -0.15) is 0 Å². The smallest absolute Gasteiger partial charge is 0.270 e. The fraction of sp³-hybridized carbons (Fsp3) is 0.417. The van der Waals surface area contributed by atoms with Crippen LogP contribution in [0.25, 0.3) is 0 Å². The lowest BCUT2D eigenvalue weighted by Gasteiger charge is -2.23. The van der Waals surface area contributed by atoms with Crippen molar-refractivity contribution in [2.75, 3.05) is 13.1 Å². The summed E-state index contributed by atoms with van der Waals surface area (Å²) in [5.41, 5.74) is 0.138. The van der Waals surface area contributed by atoms with Gasteiger partial charge in [0.25, 0.3) is 11.6 Å². The summed E-state index contributed by atoms with van der Waals surface area (Å²) in [5, 5.41) is 16.7. The molecule has 1 heterocycles. The van der Waals surface area contributed by atoms with E-state index >= 15 is 0 Å². The zero-order chi connectivity index (χ0) is 13.8. The van der Waals surface area contributed by atoms with Crippen molar-refractivity contribution in [3.05, 3.63) is 38.9 Å². The number of benzene rings is 1. The summed E-state index contributed by atoms with van der Waals surface area (Å²) in [5.74, 6) is -0.298. The summed E-state index contributed by atoms with van der Waals surface area (Å²) in [6.45, 7) is 1.70. The molecule has 2 N–H and O–H groups in total. The van der Waals surface area contributed by atoms with E-state index in [9.17, 15) is 14.9 Å². The Balaban J connectivity index is 2.08. The second-order valence-electron chi connectivity index (χ2n) is 4.44. The van der Waals surface area contributed by atoms with Gasteiger partial charge in [0.15, 0.2) is 0 Å². The van der Waals surface area contributed by atoms with Crippen LogP contribution in [0.3, 0.4) is 0 Å². The Morgan fingerprint density at radius 2 is 2.32 bits per heavy atom. The van der Waals surface area contributed by atoms with Crippen molar-refractivity contribution >= 4 is 23.2 Å². The van der Waals surface area contributed by atoms with Crippen LogP contribution in [0.2, 0.25) is 5.02 Å². The van der Waals surface area contributed by atoms with Crippen LogP contribution in [0.15, 0.2) is 18.2 Å².